The third-order valence-corrected chi connectivity index (χ3v) is 5.59. The molecule has 1 aliphatic rings. The third-order valence-electron chi connectivity index (χ3n) is 5.59. The average molecular weight is 493 g/mol. The molecule has 1 aliphatic heterocycles. The Balaban J connectivity index is 1.46. The van der Waals surface area contributed by atoms with Crippen LogP contribution in [-0.4, -0.2) is 52.7 Å². The Kier molecular flexibility index (Phi) is 5.50. The summed E-state index contributed by atoms with van der Waals surface area (Å²) in [5.41, 5.74) is 0.852. The molecule has 0 atom stereocenters. The third kappa shape index (κ3) is 4.28. The van der Waals surface area contributed by atoms with Crippen molar-refractivity contribution in [3.63, 3.8) is 0 Å². The minimum Gasteiger partial charge on any atom is -0.406 e. The quantitative estimate of drug-likeness (QED) is 0.390. The van der Waals surface area contributed by atoms with Gasteiger partial charge in [0, 0.05) is 42.1 Å². The van der Waals surface area contributed by atoms with Gasteiger partial charge in [0.05, 0.1) is 16.6 Å². The first-order chi connectivity index (χ1) is 17.0. The highest BCUT2D eigenvalue weighted by atomic mass is 19.1. The van der Waals surface area contributed by atoms with Crippen LogP contribution in [0.15, 0.2) is 47.8 Å². The minimum atomic E-state index is -0.789. The molecule has 0 bridgehead atoms. The number of pyridine rings is 2. The first kappa shape index (κ1) is 23.5. The molecule has 0 saturated heterocycles. The van der Waals surface area contributed by atoms with Gasteiger partial charge in [0.25, 0.3) is 5.56 Å². The summed E-state index contributed by atoms with van der Waals surface area (Å²) >= 11 is 0. The molecule has 4 aromatic heterocycles. The van der Waals surface area contributed by atoms with Gasteiger partial charge in [0.15, 0.2) is 23.8 Å². The van der Waals surface area contributed by atoms with Crippen LogP contribution in [0.25, 0.3) is 33.6 Å². The number of carbonyl (C=O) groups is 1. The molecule has 0 spiro atoms. The second-order valence-corrected chi connectivity index (χ2v) is 9.51. The van der Waals surface area contributed by atoms with Crippen LogP contribution in [0.2, 0.25) is 0 Å². The van der Waals surface area contributed by atoms with E-state index in [9.17, 15) is 18.4 Å². The molecule has 36 heavy (non-hydrogen) atoms. The maximum atomic E-state index is 14.8. The fraction of sp³-hybridized carbons (Fsp3) is 0.280. The Hall–Kier alpha value is -4.28. The lowest BCUT2D eigenvalue weighted by atomic mass is 10.2. The maximum Gasteiger partial charge on any atom is 0.599 e. The van der Waals surface area contributed by atoms with E-state index in [0.29, 0.717) is 22.5 Å². The van der Waals surface area contributed by atoms with E-state index in [1.807, 2.05) is 0 Å². The lowest BCUT2D eigenvalue weighted by molar-refractivity contribution is -0.448. The van der Waals surface area contributed by atoms with Crippen molar-refractivity contribution in [2.75, 3.05) is 6.54 Å². The van der Waals surface area contributed by atoms with Crippen molar-refractivity contribution < 1.29 is 22.9 Å². The van der Waals surface area contributed by atoms with E-state index in [0.717, 1.165) is 4.58 Å². The molecular weight excluding hydrogens is 470 g/mol. The number of rotatable bonds is 2. The summed E-state index contributed by atoms with van der Waals surface area (Å²) in [5.74, 6) is -0.980. The number of allylic oxidation sites excluding steroid dienone is 1. The summed E-state index contributed by atoms with van der Waals surface area (Å²) in [6, 6.07) is 2.91. The zero-order valence-electron chi connectivity index (χ0n) is 20.1. The van der Waals surface area contributed by atoms with Gasteiger partial charge in [0.1, 0.15) is 12.0 Å². The van der Waals surface area contributed by atoms with E-state index >= 15 is 0 Å². The molecule has 9 nitrogen and oxygen atoms in total. The molecule has 5 heterocycles. The summed E-state index contributed by atoms with van der Waals surface area (Å²) < 4.78 is 38.3. The standard InChI is InChI=1S/C25H23F2N6O3/c1-14-12-31-13-15(9-18(26)22(31)29-14)21-28-11-17-19(30-21)6-8-32(23(17)34)16-5-7-33(20(27)10-16)24(35)36-25(2,3)4/h5-6,8-9,11-13H,7,10H2,1-4H3/q+1. The van der Waals surface area contributed by atoms with Gasteiger partial charge in [-0.3, -0.25) is 9.36 Å². The first-order valence-electron chi connectivity index (χ1n) is 11.2. The first-order valence-corrected chi connectivity index (χ1v) is 11.2. The predicted molar refractivity (Wildman–Crippen MR) is 129 cm³/mol. The number of aromatic nitrogens is 5. The van der Waals surface area contributed by atoms with Gasteiger partial charge < -0.3 is 9.14 Å². The van der Waals surface area contributed by atoms with Crippen molar-refractivity contribution in [1.29, 1.82) is 0 Å². The summed E-state index contributed by atoms with van der Waals surface area (Å²) in [4.78, 5) is 38.2. The fourth-order valence-corrected chi connectivity index (χ4v) is 3.98. The van der Waals surface area contributed by atoms with E-state index in [2.05, 4.69) is 15.0 Å². The zero-order chi connectivity index (χ0) is 25.8. The monoisotopic (exact) mass is 493 g/mol. The second kappa shape index (κ2) is 8.43. The predicted octanol–water partition coefficient (Wildman–Crippen LogP) is 4.11. The molecule has 0 aliphatic carbocycles. The van der Waals surface area contributed by atoms with Crippen LogP contribution in [0, 0.1) is 12.7 Å². The van der Waals surface area contributed by atoms with Crippen LogP contribution in [0.3, 0.4) is 0 Å². The smallest absolute Gasteiger partial charge is 0.406 e. The fourth-order valence-electron chi connectivity index (χ4n) is 3.98. The Morgan fingerprint density at radius 2 is 1.97 bits per heavy atom. The van der Waals surface area contributed by atoms with E-state index in [4.69, 9.17) is 4.74 Å². The van der Waals surface area contributed by atoms with Crippen LogP contribution < -0.4 is 5.56 Å². The normalized spacial score (nSPS) is 14.4. The number of amides is 1. The summed E-state index contributed by atoms with van der Waals surface area (Å²) in [7, 11) is 0. The van der Waals surface area contributed by atoms with Gasteiger partial charge in [-0.25, -0.2) is 19.3 Å². The van der Waals surface area contributed by atoms with Crippen molar-refractivity contribution in [2.24, 2.45) is 0 Å². The second-order valence-electron chi connectivity index (χ2n) is 9.51. The average Bonchev–Trinajstić information content (AvgIpc) is 3.18. The number of ether oxygens (including phenoxy) is 1. The van der Waals surface area contributed by atoms with Crippen LogP contribution in [0.5, 0.6) is 0 Å². The molecule has 0 radical (unpaired) electrons. The number of nitrogens with zero attached hydrogens (tertiary/aromatic N) is 6. The minimum absolute atomic E-state index is 0.0717. The maximum absolute atomic E-state index is 14.8. The van der Waals surface area contributed by atoms with Crippen LogP contribution in [-0.2, 0) is 4.74 Å². The number of aryl methyl sites for hydroxylation is 1. The van der Waals surface area contributed by atoms with Crippen LogP contribution in [0.4, 0.5) is 13.6 Å². The Bertz CT molecular complexity index is 1680. The Morgan fingerprint density at radius 1 is 1.19 bits per heavy atom. The molecule has 1 amide bonds. The van der Waals surface area contributed by atoms with E-state index < -0.39 is 29.0 Å². The lowest BCUT2D eigenvalue weighted by Crippen LogP contribution is -2.36. The number of hydrogen-bond acceptors (Lipinski definition) is 6. The molecule has 11 heteroatoms. The van der Waals surface area contributed by atoms with Crippen molar-refractivity contribution in [2.45, 2.75) is 39.7 Å². The van der Waals surface area contributed by atoms with Crippen molar-refractivity contribution in [1.82, 2.24) is 23.9 Å². The molecule has 5 rings (SSSR count). The Morgan fingerprint density at radius 3 is 2.69 bits per heavy atom. The highest BCUT2D eigenvalue weighted by Gasteiger charge is 2.33. The lowest BCUT2D eigenvalue weighted by Gasteiger charge is -2.18. The largest absolute Gasteiger partial charge is 0.599 e. The highest BCUT2D eigenvalue weighted by molar-refractivity contribution is 5.86. The molecule has 0 unspecified atom stereocenters. The van der Waals surface area contributed by atoms with Gasteiger partial charge in [0.2, 0.25) is 0 Å². The van der Waals surface area contributed by atoms with E-state index in [-0.39, 0.29) is 29.8 Å². The van der Waals surface area contributed by atoms with Gasteiger partial charge in [-0.1, -0.05) is 4.58 Å². The number of carbonyl (C=O) groups excluding carboxylic acids is 1. The summed E-state index contributed by atoms with van der Waals surface area (Å²) in [6.45, 7) is 6.79. The SMILES string of the molecule is Cc1cn2cc(-c3ncc4c(=O)n(C5=CC[N+](C(=O)OC(C)(C)C)=C(F)C5)ccc4n3)cc(F)c2n1. The van der Waals surface area contributed by atoms with Crippen molar-refractivity contribution in [3.8, 4) is 11.4 Å². The summed E-state index contributed by atoms with van der Waals surface area (Å²) in [5, 5.41) is 0.220. The van der Waals surface area contributed by atoms with E-state index in [1.165, 1.54) is 23.0 Å². The van der Waals surface area contributed by atoms with Crippen molar-refractivity contribution in [3.05, 3.63) is 64.9 Å². The molecule has 0 saturated carbocycles. The van der Waals surface area contributed by atoms with Crippen LogP contribution in [0.1, 0.15) is 32.9 Å². The zero-order valence-corrected chi connectivity index (χ0v) is 20.1. The topological polar surface area (TPSA) is 94.4 Å². The Labute approximate surface area is 204 Å². The van der Waals surface area contributed by atoms with Crippen LogP contribution >= 0.6 is 0 Å². The van der Waals surface area contributed by atoms with Gasteiger partial charge in [-0.15, -0.1) is 4.39 Å². The van der Waals surface area contributed by atoms with Gasteiger partial charge in [-0.05, 0) is 39.8 Å². The summed E-state index contributed by atoms with van der Waals surface area (Å²) in [6.07, 6.45) is 6.78. The van der Waals surface area contributed by atoms with E-state index in [1.54, 1.807) is 56.6 Å². The molecule has 4 aromatic rings. The molecular formula is C25H23F2N6O3+. The van der Waals surface area contributed by atoms with Gasteiger partial charge in [-0.2, -0.15) is 4.79 Å². The molecule has 0 fully saturated rings. The highest BCUT2D eigenvalue weighted by Crippen LogP contribution is 2.22. The number of hydrogen-bond donors (Lipinski definition) is 0. The van der Waals surface area contributed by atoms with Gasteiger partial charge >= 0.3 is 12.1 Å². The number of fused-ring (bicyclic) bond motifs is 2. The molecule has 0 aromatic carbocycles. The number of halogens is 2. The molecule has 0 N–H and O–H groups in total. The number of imidazole rings is 1. The van der Waals surface area contributed by atoms with Crippen molar-refractivity contribution >= 4 is 34.3 Å². The molecule has 184 valence electrons.